The summed E-state index contributed by atoms with van der Waals surface area (Å²) in [6.45, 7) is -0.295. The average Bonchev–Trinajstić information content (AvgIpc) is 3.28. The van der Waals surface area contributed by atoms with Crippen molar-refractivity contribution in [1.29, 1.82) is 0 Å². The van der Waals surface area contributed by atoms with E-state index < -0.39 is 41.8 Å². The van der Waals surface area contributed by atoms with E-state index in [0.717, 1.165) is 30.6 Å². The van der Waals surface area contributed by atoms with E-state index in [1.165, 1.54) is 48.4 Å². The third kappa shape index (κ3) is 4.32. The van der Waals surface area contributed by atoms with E-state index in [1.807, 2.05) is 0 Å². The molecule has 4 amide bonds. The minimum atomic E-state index is -0.895. The Morgan fingerprint density at radius 3 is 2.44 bits per heavy atom. The molecule has 3 fully saturated rings. The van der Waals surface area contributed by atoms with Crippen LogP contribution in [0.15, 0.2) is 48.5 Å². The minimum absolute atomic E-state index is 0.0424. The molecule has 10 heteroatoms. The summed E-state index contributed by atoms with van der Waals surface area (Å²) in [5, 5.41) is 2.74. The molecule has 4 atom stereocenters. The lowest BCUT2D eigenvalue weighted by Crippen LogP contribution is -2.65. The fourth-order valence-corrected chi connectivity index (χ4v) is 5.42. The number of hydrogen-bond acceptors (Lipinski definition) is 6. The number of amides is 4. The Hall–Kier alpha value is -3.79. The summed E-state index contributed by atoms with van der Waals surface area (Å²) in [4.78, 5) is 54.1. The molecule has 2 aromatic carbocycles. The number of hydrogen-bond donors (Lipinski definition) is 1. The molecule has 1 aliphatic carbocycles. The van der Waals surface area contributed by atoms with Gasteiger partial charge in [0.25, 0.3) is 5.91 Å². The molecule has 0 aromatic heterocycles. The lowest BCUT2D eigenvalue weighted by atomic mass is 9.81. The first-order valence-electron chi connectivity index (χ1n) is 11.9. The number of urea groups is 1. The Kier molecular flexibility index (Phi) is 6.44. The van der Waals surface area contributed by atoms with Gasteiger partial charge in [-0.05, 0) is 61.4 Å². The number of nitrogens with zero attached hydrogens (tertiary/aromatic N) is 2. The van der Waals surface area contributed by atoms with E-state index in [0.29, 0.717) is 11.3 Å². The predicted octanol–water partition coefficient (Wildman–Crippen LogP) is 3.35. The number of carbonyl (C=O) groups excluding carboxylic acids is 4. The second-order valence-electron chi connectivity index (χ2n) is 9.21. The molecule has 2 aromatic rings. The number of halogens is 1. The highest BCUT2D eigenvalue weighted by Gasteiger charge is 2.58. The topological polar surface area (TPSA) is 105 Å². The standard InChI is InChI=1S/C26H26FN3O6/c1-35-25(33)15-6-10-17(11-7-15)28-21(31)14-29-22-19-4-2-3-5-20(19)36-23(22)24(32)30(26(29)34)18-12-8-16(27)9-13-18/h6-13,19-20,22-23H,2-5,14H2,1H3,(H,28,31). The van der Waals surface area contributed by atoms with Gasteiger partial charge in [-0.3, -0.25) is 9.59 Å². The molecule has 3 aliphatic rings. The molecule has 2 heterocycles. The minimum Gasteiger partial charge on any atom is -0.465 e. The quantitative estimate of drug-likeness (QED) is 0.638. The Bertz CT molecular complexity index is 1190. The Morgan fingerprint density at radius 1 is 1.06 bits per heavy atom. The van der Waals surface area contributed by atoms with Gasteiger partial charge in [0.05, 0.1) is 30.5 Å². The summed E-state index contributed by atoms with van der Waals surface area (Å²) >= 11 is 0. The summed E-state index contributed by atoms with van der Waals surface area (Å²) in [5.41, 5.74) is 0.995. The summed E-state index contributed by atoms with van der Waals surface area (Å²) in [6.07, 6.45) is 2.48. The van der Waals surface area contributed by atoms with Gasteiger partial charge in [-0.25, -0.2) is 18.9 Å². The normalized spacial score (nSPS) is 25.3. The van der Waals surface area contributed by atoms with Gasteiger partial charge < -0.3 is 19.7 Å². The third-order valence-corrected chi connectivity index (χ3v) is 7.07. The lowest BCUT2D eigenvalue weighted by molar-refractivity contribution is -0.133. The van der Waals surface area contributed by atoms with Crippen LogP contribution >= 0.6 is 0 Å². The highest BCUT2D eigenvalue weighted by Crippen LogP contribution is 2.43. The fraction of sp³-hybridized carbons (Fsp3) is 0.385. The van der Waals surface area contributed by atoms with Crippen molar-refractivity contribution < 1.29 is 33.0 Å². The molecular formula is C26H26FN3O6. The molecule has 4 unspecified atom stereocenters. The summed E-state index contributed by atoms with van der Waals surface area (Å²) in [5.74, 6) is -1.99. The van der Waals surface area contributed by atoms with E-state index in [2.05, 4.69) is 10.1 Å². The van der Waals surface area contributed by atoms with Crippen molar-refractivity contribution in [2.45, 2.75) is 43.9 Å². The maximum atomic E-state index is 13.6. The van der Waals surface area contributed by atoms with Crippen molar-refractivity contribution in [2.24, 2.45) is 5.92 Å². The number of benzene rings is 2. The van der Waals surface area contributed by atoms with Crippen molar-refractivity contribution in [3.8, 4) is 0 Å². The monoisotopic (exact) mass is 495 g/mol. The first-order chi connectivity index (χ1) is 17.4. The van der Waals surface area contributed by atoms with E-state index in [-0.39, 0.29) is 24.3 Å². The molecule has 2 aliphatic heterocycles. The van der Waals surface area contributed by atoms with Gasteiger partial charge >= 0.3 is 12.0 Å². The zero-order valence-corrected chi connectivity index (χ0v) is 19.7. The van der Waals surface area contributed by atoms with E-state index in [4.69, 9.17) is 4.74 Å². The van der Waals surface area contributed by atoms with Crippen molar-refractivity contribution in [3.05, 3.63) is 59.9 Å². The second-order valence-corrected chi connectivity index (χ2v) is 9.21. The molecule has 0 spiro atoms. The largest absolute Gasteiger partial charge is 0.465 e. The molecule has 1 N–H and O–H groups in total. The number of carbonyl (C=O) groups is 4. The fourth-order valence-electron chi connectivity index (χ4n) is 5.42. The lowest BCUT2D eigenvalue weighted by Gasteiger charge is -2.42. The Balaban J connectivity index is 1.40. The van der Waals surface area contributed by atoms with Crippen LogP contribution in [-0.2, 0) is 19.1 Å². The van der Waals surface area contributed by atoms with Gasteiger partial charge in [-0.1, -0.05) is 12.8 Å². The number of imide groups is 1. The zero-order valence-electron chi connectivity index (χ0n) is 19.7. The van der Waals surface area contributed by atoms with E-state index in [9.17, 15) is 23.6 Å². The molecule has 9 nitrogen and oxygen atoms in total. The Morgan fingerprint density at radius 2 is 1.75 bits per heavy atom. The Labute approximate surface area is 207 Å². The molecule has 36 heavy (non-hydrogen) atoms. The van der Waals surface area contributed by atoms with Gasteiger partial charge in [0.2, 0.25) is 5.91 Å². The first kappa shape index (κ1) is 23.9. The van der Waals surface area contributed by atoms with Crippen molar-refractivity contribution in [3.63, 3.8) is 0 Å². The zero-order chi connectivity index (χ0) is 25.4. The van der Waals surface area contributed by atoms with Crippen LogP contribution in [0.25, 0.3) is 0 Å². The van der Waals surface area contributed by atoms with Crippen molar-refractivity contribution in [2.75, 3.05) is 23.9 Å². The second kappa shape index (κ2) is 9.69. The molecule has 188 valence electrons. The number of anilines is 2. The number of ether oxygens (including phenoxy) is 2. The molecular weight excluding hydrogens is 469 g/mol. The van der Waals surface area contributed by atoms with Crippen LogP contribution in [0.2, 0.25) is 0 Å². The predicted molar refractivity (Wildman–Crippen MR) is 127 cm³/mol. The average molecular weight is 496 g/mol. The third-order valence-electron chi connectivity index (χ3n) is 7.07. The van der Waals surface area contributed by atoms with Gasteiger partial charge in [-0.15, -0.1) is 0 Å². The number of methoxy groups -OCH3 is 1. The van der Waals surface area contributed by atoms with Crippen molar-refractivity contribution >= 4 is 35.2 Å². The van der Waals surface area contributed by atoms with Gasteiger partial charge in [-0.2, -0.15) is 0 Å². The van der Waals surface area contributed by atoms with E-state index >= 15 is 0 Å². The van der Waals surface area contributed by atoms with Gasteiger partial charge in [0.15, 0.2) is 6.10 Å². The van der Waals surface area contributed by atoms with Crippen molar-refractivity contribution in [1.82, 2.24) is 4.90 Å². The molecule has 0 bridgehead atoms. The van der Waals surface area contributed by atoms with Crippen LogP contribution < -0.4 is 10.2 Å². The number of fused-ring (bicyclic) bond motifs is 3. The SMILES string of the molecule is COC(=O)c1ccc(NC(=O)CN2C(=O)N(c3ccc(F)cc3)C(=O)C3OC4CCCCC4C32)cc1. The number of esters is 1. The van der Waals surface area contributed by atoms with Gasteiger partial charge in [0.1, 0.15) is 12.4 Å². The van der Waals surface area contributed by atoms with Crippen LogP contribution in [0.5, 0.6) is 0 Å². The van der Waals surface area contributed by atoms with E-state index in [1.54, 1.807) is 12.1 Å². The highest BCUT2D eigenvalue weighted by molar-refractivity contribution is 6.18. The highest BCUT2D eigenvalue weighted by atomic mass is 19.1. The maximum absolute atomic E-state index is 13.6. The molecule has 2 saturated heterocycles. The number of rotatable bonds is 5. The maximum Gasteiger partial charge on any atom is 0.337 e. The van der Waals surface area contributed by atoms with Crippen LogP contribution in [0.4, 0.5) is 20.6 Å². The summed E-state index contributed by atoms with van der Waals surface area (Å²) in [7, 11) is 1.28. The van der Waals surface area contributed by atoms with Crippen LogP contribution in [0, 0.1) is 11.7 Å². The van der Waals surface area contributed by atoms with Crippen LogP contribution in [0.3, 0.4) is 0 Å². The van der Waals surface area contributed by atoms with Crippen LogP contribution in [0.1, 0.15) is 36.0 Å². The summed E-state index contributed by atoms with van der Waals surface area (Å²) < 4.78 is 24.3. The number of nitrogens with one attached hydrogen (secondary N) is 1. The molecule has 5 rings (SSSR count). The first-order valence-corrected chi connectivity index (χ1v) is 11.9. The van der Waals surface area contributed by atoms with Crippen LogP contribution in [-0.4, -0.2) is 60.6 Å². The molecule has 0 radical (unpaired) electrons. The molecule has 1 saturated carbocycles. The van der Waals surface area contributed by atoms with Gasteiger partial charge in [0, 0.05) is 11.6 Å². The summed E-state index contributed by atoms with van der Waals surface area (Å²) in [6, 6.07) is 10.0. The smallest absolute Gasteiger partial charge is 0.337 e.